The molecule has 23 heavy (non-hydrogen) atoms. The van der Waals surface area contributed by atoms with Crippen molar-refractivity contribution in [3.8, 4) is 5.88 Å². The van der Waals surface area contributed by atoms with Crippen molar-refractivity contribution in [3.05, 3.63) is 68.9 Å². The van der Waals surface area contributed by atoms with Crippen molar-refractivity contribution in [2.45, 2.75) is 6.54 Å². The molecule has 0 amide bonds. The summed E-state index contributed by atoms with van der Waals surface area (Å²) >= 11 is 0. The molecule has 7 nitrogen and oxygen atoms in total. The lowest BCUT2D eigenvalue weighted by atomic mass is 10.2. The molecule has 0 fully saturated rings. The van der Waals surface area contributed by atoms with Crippen LogP contribution in [0.5, 0.6) is 5.88 Å². The van der Waals surface area contributed by atoms with Crippen LogP contribution in [0.2, 0.25) is 0 Å². The Labute approximate surface area is 128 Å². The van der Waals surface area contributed by atoms with Gasteiger partial charge in [-0.1, -0.05) is 12.1 Å². The number of nitro groups is 1. The number of nitro benzene ring substituents is 1. The van der Waals surface area contributed by atoms with Crippen LogP contribution in [0.4, 0.5) is 15.8 Å². The minimum absolute atomic E-state index is 0.163. The first kappa shape index (κ1) is 14.6. The van der Waals surface area contributed by atoms with E-state index in [1.165, 1.54) is 34.9 Å². The standard InChI is InChI=1S/C15H10FN3O4/c16-10-3-1-9(2-4-10)8-18-13-6-5-11(19(22)23)7-12(13)14(17-21)15(18)20/h1-7,20H,8H2. The highest BCUT2D eigenvalue weighted by atomic mass is 19.1. The molecular formula is C15H10FN3O4. The Hall–Kier alpha value is -3.29. The van der Waals surface area contributed by atoms with E-state index in [2.05, 4.69) is 5.18 Å². The van der Waals surface area contributed by atoms with E-state index in [1.807, 2.05) is 0 Å². The predicted molar refractivity (Wildman–Crippen MR) is 81.2 cm³/mol. The lowest BCUT2D eigenvalue weighted by molar-refractivity contribution is -0.384. The van der Waals surface area contributed by atoms with E-state index in [4.69, 9.17) is 0 Å². The maximum Gasteiger partial charge on any atom is 0.270 e. The van der Waals surface area contributed by atoms with Gasteiger partial charge in [-0.25, -0.2) is 4.39 Å². The van der Waals surface area contributed by atoms with Crippen LogP contribution in [0.1, 0.15) is 5.56 Å². The highest BCUT2D eigenvalue weighted by Gasteiger charge is 2.20. The highest BCUT2D eigenvalue weighted by Crippen LogP contribution is 2.40. The van der Waals surface area contributed by atoms with Gasteiger partial charge in [0.25, 0.3) is 5.69 Å². The molecule has 0 spiro atoms. The van der Waals surface area contributed by atoms with E-state index < -0.39 is 4.92 Å². The number of nitrogens with zero attached hydrogens (tertiary/aromatic N) is 3. The van der Waals surface area contributed by atoms with Crippen molar-refractivity contribution in [3.63, 3.8) is 0 Å². The molecule has 0 aliphatic heterocycles. The van der Waals surface area contributed by atoms with E-state index in [0.29, 0.717) is 11.1 Å². The van der Waals surface area contributed by atoms with E-state index >= 15 is 0 Å². The van der Waals surface area contributed by atoms with Crippen LogP contribution < -0.4 is 0 Å². The summed E-state index contributed by atoms with van der Waals surface area (Å²) in [5.74, 6) is -0.777. The minimum atomic E-state index is -0.595. The van der Waals surface area contributed by atoms with Crippen LogP contribution in [0.15, 0.2) is 47.6 Å². The van der Waals surface area contributed by atoms with Crippen LogP contribution >= 0.6 is 0 Å². The number of fused-ring (bicyclic) bond motifs is 1. The van der Waals surface area contributed by atoms with E-state index in [0.717, 1.165) is 0 Å². The summed E-state index contributed by atoms with van der Waals surface area (Å²) in [4.78, 5) is 21.2. The van der Waals surface area contributed by atoms with Gasteiger partial charge in [-0.15, -0.1) is 4.91 Å². The van der Waals surface area contributed by atoms with Crippen molar-refractivity contribution in [2.75, 3.05) is 0 Å². The first-order valence-corrected chi connectivity index (χ1v) is 6.58. The van der Waals surface area contributed by atoms with Gasteiger partial charge in [-0.2, -0.15) is 0 Å². The Kier molecular flexibility index (Phi) is 3.49. The molecule has 1 N–H and O–H groups in total. The smallest absolute Gasteiger partial charge is 0.270 e. The maximum atomic E-state index is 13.0. The SMILES string of the molecule is O=Nc1c(O)n(Cc2ccc(F)cc2)c2ccc([N+](=O)[O-])cc12. The fraction of sp³-hybridized carbons (Fsp3) is 0.0667. The van der Waals surface area contributed by atoms with Crippen molar-refractivity contribution < 1.29 is 14.4 Å². The zero-order chi connectivity index (χ0) is 16.6. The molecule has 0 unspecified atom stereocenters. The third kappa shape index (κ3) is 2.50. The quantitative estimate of drug-likeness (QED) is 0.449. The molecule has 0 saturated heterocycles. The van der Waals surface area contributed by atoms with Crippen molar-refractivity contribution in [1.29, 1.82) is 0 Å². The molecule has 0 atom stereocenters. The third-order valence-electron chi connectivity index (χ3n) is 3.55. The van der Waals surface area contributed by atoms with Crippen molar-refractivity contribution in [1.82, 2.24) is 4.57 Å². The molecule has 1 aromatic heterocycles. The second-order valence-electron chi connectivity index (χ2n) is 4.93. The predicted octanol–water partition coefficient (Wildman–Crippen LogP) is 3.84. The van der Waals surface area contributed by atoms with Crippen LogP contribution in [-0.2, 0) is 6.54 Å². The maximum absolute atomic E-state index is 13.0. The monoisotopic (exact) mass is 315 g/mol. The Morgan fingerprint density at radius 2 is 1.91 bits per heavy atom. The van der Waals surface area contributed by atoms with Gasteiger partial charge in [-0.3, -0.25) is 10.1 Å². The highest BCUT2D eigenvalue weighted by molar-refractivity contribution is 5.96. The van der Waals surface area contributed by atoms with E-state index in [1.54, 1.807) is 12.1 Å². The van der Waals surface area contributed by atoms with Gasteiger partial charge in [0.05, 0.1) is 17.0 Å². The van der Waals surface area contributed by atoms with Gasteiger partial charge in [0.1, 0.15) is 5.82 Å². The molecule has 0 aliphatic rings. The summed E-state index contributed by atoms with van der Waals surface area (Å²) < 4.78 is 14.4. The number of nitroso groups, excluding NO2 is 1. The molecule has 0 saturated carbocycles. The van der Waals surface area contributed by atoms with E-state index in [-0.39, 0.29) is 35.0 Å². The van der Waals surface area contributed by atoms with Crippen LogP contribution in [0.25, 0.3) is 10.9 Å². The van der Waals surface area contributed by atoms with Gasteiger partial charge in [0.2, 0.25) is 5.88 Å². The van der Waals surface area contributed by atoms with Crippen LogP contribution in [0.3, 0.4) is 0 Å². The Morgan fingerprint density at radius 1 is 1.22 bits per heavy atom. The Balaban J connectivity index is 2.16. The third-order valence-corrected chi connectivity index (χ3v) is 3.55. The summed E-state index contributed by atoms with van der Waals surface area (Å²) in [7, 11) is 0. The summed E-state index contributed by atoms with van der Waals surface area (Å²) in [6.07, 6.45) is 0. The molecule has 1 heterocycles. The first-order valence-electron chi connectivity index (χ1n) is 6.58. The fourth-order valence-electron chi connectivity index (χ4n) is 2.45. The van der Waals surface area contributed by atoms with Crippen LogP contribution in [-0.4, -0.2) is 14.6 Å². The number of hydrogen-bond acceptors (Lipinski definition) is 5. The fourth-order valence-corrected chi connectivity index (χ4v) is 2.45. The average molecular weight is 315 g/mol. The average Bonchev–Trinajstić information content (AvgIpc) is 2.80. The Bertz CT molecular complexity index is 919. The molecule has 3 aromatic rings. The zero-order valence-corrected chi connectivity index (χ0v) is 11.6. The zero-order valence-electron chi connectivity index (χ0n) is 11.6. The second kappa shape index (κ2) is 5.48. The van der Waals surface area contributed by atoms with Gasteiger partial charge in [0, 0.05) is 17.5 Å². The lowest BCUT2D eigenvalue weighted by Gasteiger charge is -2.07. The number of aromatic nitrogens is 1. The second-order valence-corrected chi connectivity index (χ2v) is 4.93. The molecular weight excluding hydrogens is 305 g/mol. The minimum Gasteiger partial charge on any atom is -0.493 e. The molecule has 2 aromatic carbocycles. The number of non-ortho nitro benzene ring substituents is 1. The van der Waals surface area contributed by atoms with Gasteiger partial charge < -0.3 is 9.67 Å². The van der Waals surface area contributed by atoms with Crippen molar-refractivity contribution in [2.24, 2.45) is 5.18 Å². The molecule has 8 heteroatoms. The molecule has 3 rings (SSSR count). The Morgan fingerprint density at radius 3 is 2.52 bits per heavy atom. The summed E-state index contributed by atoms with van der Waals surface area (Å²) in [6.45, 7) is 0.163. The van der Waals surface area contributed by atoms with E-state index in [9.17, 15) is 24.5 Å². The summed E-state index contributed by atoms with van der Waals surface area (Å²) in [5.41, 5.74) is 0.647. The normalized spacial score (nSPS) is 10.8. The number of rotatable bonds is 4. The molecule has 0 radical (unpaired) electrons. The van der Waals surface area contributed by atoms with Gasteiger partial charge in [0.15, 0.2) is 5.69 Å². The lowest BCUT2D eigenvalue weighted by Crippen LogP contribution is -1.99. The van der Waals surface area contributed by atoms with Gasteiger partial charge in [-0.05, 0) is 28.9 Å². The first-order chi connectivity index (χ1) is 11.0. The number of hydrogen-bond donors (Lipinski definition) is 1. The number of aromatic hydroxyl groups is 1. The largest absolute Gasteiger partial charge is 0.493 e. The molecule has 0 bridgehead atoms. The molecule has 116 valence electrons. The van der Waals surface area contributed by atoms with Gasteiger partial charge >= 0.3 is 0 Å². The topological polar surface area (TPSA) is 97.7 Å². The van der Waals surface area contributed by atoms with Crippen LogP contribution in [0, 0.1) is 20.8 Å². The summed E-state index contributed by atoms with van der Waals surface area (Å²) in [6, 6.07) is 9.54. The number of benzene rings is 2. The molecule has 0 aliphatic carbocycles. The number of halogens is 1. The summed E-state index contributed by atoms with van der Waals surface area (Å²) in [5, 5.41) is 24.0. The van der Waals surface area contributed by atoms with Crippen molar-refractivity contribution >= 4 is 22.3 Å².